The zero-order valence-corrected chi connectivity index (χ0v) is 18.3. The largest absolute Gasteiger partial charge is 0.373 e. The van der Waals surface area contributed by atoms with Crippen molar-refractivity contribution >= 4 is 23.2 Å². The third-order valence-corrected chi connectivity index (χ3v) is 6.41. The van der Waals surface area contributed by atoms with Crippen molar-refractivity contribution in [3.63, 3.8) is 0 Å². The van der Waals surface area contributed by atoms with Gasteiger partial charge in [-0.25, -0.2) is 0 Å². The Kier molecular flexibility index (Phi) is 6.93. The van der Waals surface area contributed by atoms with Gasteiger partial charge < -0.3 is 15.0 Å². The van der Waals surface area contributed by atoms with Crippen LogP contribution >= 0.6 is 11.6 Å². The Morgan fingerprint density at radius 1 is 1.13 bits per heavy atom. The predicted molar refractivity (Wildman–Crippen MR) is 121 cm³/mol. The zero-order valence-electron chi connectivity index (χ0n) is 17.6. The molecule has 5 nitrogen and oxygen atoms in total. The van der Waals surface area contributed by atoms with E-state index in [1.807, 2.05) is 12.1 Å². The molecular formula is C24H30ClN3O2. The fraction of sp³-hybridized carbons (Fsp3) is 0.458. The molecule has 1 N–H and O–H groups in total. The molecule has 0 spiro atoms. The molecule has 30 heavy (non-hydrogen) atoms. The lowest BCUT2D eigenvalue weighted by Crippen LogP contribution is -2.46. The van der Waals surface area contributed by atoms with Gasteiger partial charge >= 0.3 is 0 Å². The van der Waals surface area contributed by atoms with Crippen molar-refractivity contribution in [2.75, 3.05) is 51.3 Å². The molecule has 2 aliphatic rings. The van der Waals surface area contributed by atoms with E-state index in [0.29, 0.717) is 6.42 Å². The lowest BCUT2D eigenvalue weighted by molar-refractivity contribution is -0.119. The Bertz CT molecular complexity index is 863. The quantitative estimate of drug-likeness (QED) is 0.766. The minimum absolute atomic E-state index is 0.0521. The number of carbonyl (C=O) groups excluding carboxylic acids is 1. The molecule has 160 valence electrons. The molecule has 0 saturated carbocycles. The predicted octanol–water partition coefficient (Wildman–Crippen LogP) is 3.45. The number of rotatable bonds is 6. The van der Waals surface area contributed by atoms with Crippen LogP contribution < -0.4 is 10.2 Å². The first-order valence-corrected chi connectivity index (χ1v) is 11.2. The second kappa shape index (κ2) is 9.82. The Hall–Kier alpha value is -2.08. The Labute approximate surface area is 184 Å². The van der Waals surface area contributed by atoms with Gasteiger partial charge in [0, 0.05) is 50.5 Å². The van der Waals surface area contributed by atoms with Crippen molar-refractivity contribution in [2.45, 2.75) is 25.4 Å². The number of anilines is 1. The van der Waals surface area contributed by atoms with E-state index in [-0.39, 0.29) is 12.0 Å². The first kappa shape index (κ1) is 21.2. The summed E-state index contributed by atoms with van der Waals surface area (Å²) in [5.41, 5.74) is 4.95. The Morgan fingerprint density at radius 2 is 1.90 bits per heavy atom. The number of nitrogens with zero attached hydrogens (tertiary/aromatic N) is 2. The summed E-state index contributed by atoms with van der Waals surface area (Å²) >= 11 is 6.01. The van der Waals surface area contributed by atoms with Gasteiger partial charge in [0.15, 0.2) is 0 Å². The summed E-state index contributed by atoms with van der Waals surface area (Å²) in [6.07, 6.45) is 2.51. The molecule has 0 radical (unpaired) electrons. The fourth-order valence-electron chi connectivity index (χ4n) is 4.39. The molecular weight excluding hydrogens is 398 g/mol. The van der Waals surface area contributed by atoms with Crippen LogP contribution in [0.2, 0.25) is 5.02 Å². The van der Waals surface area contributed by atoms with E-state index >= 15 is 0 Å². The number of hydrogen-bond donors (Lipinski definition) is 1. The highest BCUT2D eigenvalue weighted by molar-refractivity contribution is 6.30. The van der Waals surface area contributed by atoms with E-state index in [9.17, 15) is 4.79 Å². The van der Waals surface area contributed by atoms with Crippen LogP contribution in [0.3, 0.4) is 0 Å². The molecule has 1 atom stereocenters. The highest BCUT2D eigenvalue weighted by Crippen LogP contribution is 2.31. The second-order valence-corrected chi connectivity index (χ2v) is 8.52. The van der Waals surface area contributed by atoms with E-state index in [1.54, 1.807) is 7.05 Å². The smallest absolute Gasteiger partial charge is 0.224 e. The first-order valence-electron chi connectivity index (χ1n) is 10.8. The molecule has 2 heterocycles. The van der Waals surface area contributed by atoms with Gasteiger partial charge in [0.25, 0.3) is 0 Å². The molecule has 1 saturated heterocycles. The van der Waals surface area contributed by atoms with Crippen molar-refractivity contribution < 1.29 is 9.53 Å². The number of likely N-dealkylation sites (N-methyl/N-ethyl adjacent to an activating group) is 1. The van der Waals surface area contributed by atoms with Crippen molar-refractivity contribution in [3.05, 3.63) is 64.2 Å². The molecule has 1 unspecified atom stereocenters. The summed E-state index contributed by atoms with van der Waals surface area (Å²) in [7, 11) is 1.68. The van der Waals surface area contributed by atoms with Crippen LogP contribution in [0.25, 0.3) is 0 Å². The van der Waals surface area contributed by atoms with Crippen LogP contribution in [0.4, 0.5) is 5.69 Å². The average Bonchev–Trinajstić information content (AvgIpc) is 2.78. The minimum atomic E-state index is 0.0521. The van der Waals surface area contributed by atoms with E-state index in [4.69, 9.17) is 16.3 Å². The topological polar surface area (TPSA) is 44.8 Å². The third kappa shape index (κ3) is 5.15. The summed E-state index contributed by atoms with van der Waals surface area (Å²) < 4.78 is 6.11. The van der Waals surface area contributed by atoms with Crippen LogP contribution in [-0.4, -0.2) is 57.2 Å². The average molecular weight is 428 g/mol. The van der Waals surface area contributed by atoms with Crippen LogP contribution in [0, 0.1) is 0 Å². The molecule has 2 aromatic carbocycles. The molecule has 2 aliphatic heterocycles. The monoisotopic (exact) mass is 427 g/mol. The van der Waals surface area contributed by atoms with Gasteiger partial charge in [-0.1, -0.05) is 29.8 Å². The summed E-state index contributed by atoms with van der Waals surface area (Å²) in [5.74, 6) is 0.0521. The Morgan fingerprint density at radius 3 is 2.63 bits per heavy atom. The number of fused-ring (bicyclic) bond motifs is 1. The first-order chi connectivity index (χ1) is 14.6. The van der Waals surface area contributed by atoms with Gasteiger partial charge in [-0.3, -0.25) is 9.69 Å². The third-order valence-electron chi connectivity index (χ3n) is 6.16. The van der Waals surface area contributed by atoms with E-state index in [2.05, 4.69) is 45.4 Å². The number of hydrogen-bond acceptors (Lipinski definition) is 4. The van der Waals surface area contributed by atoms with Gasteiger partial charge in [-0.05, 0) is 53.8 Å². The lowest BCUT2D eigenvalue weighted by Gasteiger charge is -2.37. The van der Waals surface area contributed by atoms with Crippen molar-refractivity contribution in [1.82, 2.24) is 10.2 Å². The van der Waals surface area contributed by atoms with Gasteiger partial charge in [-0.15, -0.1) is 0 Å². The van der Waals surface area contributed by atoms with Crippen molar-refractivity contribution in [2.24, 2.45) is 0 Å². The molecule has 2 aromatic rings. The van der Waals surface area contributed by atoms with E-state index in [1.165, 1.54) is 16.8 Å². The van der Waals surface area contributed by atoms with Gasteiger partial charge in [0.2, 0.25) is 5.91 Å². The lowest BCUT2D eigenvalue weighted by atomic mass is 9.93. The SMILES string of the molecule is CNC(=O)Cc1ccc2c(c1)CCOC2CCN1CCN(c2ccc(Cl)cc2)CC1. The number of nitrogens with one attached hydrogen (secondary N) is 1. The van der Waals surface area contributed by atoms with Gasteiger partial charge in [-0.2, -0.15) is 0 Å². The van der Waals surface area contributed by atoms with Crippen LogP contribution in [0.15, 0.2) is 42.5 Å². The maximum Gasteiger partial charge on any atom is 0.224 e. The van der Waals surface area contributed by atoms with Crippen LogP contribution in [0.5, 0.6) is 0 Å². The molecule has 0 aromatic heterocycles. The van der Waals surface area contributed by atoms with Gasteiger partial charge in [0.05, 0.1) is 19.1 Å². The number of carbonyl (C=O) groups is 1. The molecule has 1 amide bonds. The summed E-state index contributed by atoms with van der Waals surface area (Å²) in [6, 6.07) is 14.5. The number of piperazine rings is 1. The maximum atomic E-state index is 11.7. The van der Waals surface area contributed by atoms with Crippen molar-refractivity contribution in [3.8, 4) is 0 Å². The summed E-state index contributed by atoms with van der Waals surface area (Å²) in [6.45, 7) is 5.99. The number of halogens is 1. The minimum Gasteiger partial charge on any atom is -0.373 e. The summed E-state index contributed by atoms with van der Waals surface area (Å²) in [5, 5.41) is 3.48. The molecule has 1 fully saturated rings. The molecule has 0 bridgehead atoms. The van der Waals surface area contributed by atoms with E-state index < -0.39 is 0 Å². The molecule has 6 heteroatoms. The van der Waals surface area contributed by atoms with E-state index in [0.717, 1.165) is 62.8 Å². The van der Waals surface area contributed by atoms with Crippen LogP contribution in [-0.2, 0) is 22.4 Å². The highest BCUT2D eigenvalue weighted by Gasteiger charge is 2.23. The fourth-order valence-corrected chi connectivity index (χ4v) is 4.52. The molecule has 4 rings (SSSR count). The number of amides is 1. The van der Waals surface area contributed by atoms with Gasteiger partial charge in [0.1, 0.15) is 0 Å². The normalized spacial score (nSPS) is 19.4. The van der Waals surface area contributed by atoms with Crippen molar-refractivity contribution in [1.29, 1.82) is 0 Å². The Balaban J connectivity index is 1.30. The second-order valence-electron chi connectivity index (χ2n) is 8.09. The van der Waals surface area contributed by atoms with Crippen LogP contribution in [0.1, 0.15) is 29.2 Å². The number of ether oxygens (including phenoxy) is 1. The standard InChI is InChI=1S/C24H30ClN3O2/c1-26-24(29)17-18-2-7-22-19(16-18)9-15-30-23(22)8-10-27-11-13-28(14-12-27)21-5-3-20(25)4-6-21/h2-7,16,23H,8-15,17H2,1H3,(H,26,29). The maximum absolute atomic E-state index is 11.7. The molecule has 0 aliphatic carbocycles. The summed E-state index contributed by atoms with van der Waals surface area (Å²) in [4.78, 5) is 16.6. The number of benzene rings is 2. The zero-order chi connectivity index (χ0) is 20.9. The highest BCUT2D eigenvalue weighted by atomic mass is 35.5.